The van der Waals surface area contributed by atoms with Gasteiger partial charge in [0.25, 0.3) is 0 Å². The monoisotopic (exact) mass is 154 g/mol. The maximum Gasteiger partial charge on any atom is 0.123 e. The largest absolute Gasteiger partial charge is 0.303 e. The Labute approximate surface area is 69.2 Å². The lowest BCUT2D eigenvalue weighted by Crippen LogP contribution is -2.20. The van der Waals surface area contributed by atoms with Crippen LogP contribution in [-0.2, 0) is 4.79 Å². The molecule has 0 spiro atoms. The third-order valence-electron chi connectivity index (χ3n) is 2.76. The fourth-order valence-corrected chi connectivity index (χ4v) is 2.15. The molecule has 0 saturated heterocycles. The first kappa shape index (κ1) is 8.76. The molecule has 0 aromatic heterocycles. The highest BCUT2D eigenvalue weighted by Gasteiger charge is 2.36. The molecule has 2 unspecified atom stereocenters. The molecule has 0 radical (unpaired) electrons. The van der Waals surface area contributed by atoms with E-state index in [1.165, 1.54) is 12.8 Å². The predicted molar refractivity (Wildman–Crippen MR) is 46.3 cm³/mol. The van der Waals surface area contributed by atoms with Crippen LogP contribution < -0.4 is 0 Å². The number of carbonyl (C=O) groups excluding carboxylic acids is 1. The van der Waals surface area contributed by atoms with Gasteiger partial charge in [-0.05, 0) is 30.6 Å². The molecular formula is C10H18O. The Hall–Kier alpha value is -0.330. The van der Waals surface area contributed by atoms with Crippen molar-refractivity contribution in [1.29, 1.82) is 0 Å². The predicted octanol–water partition coefficient (Wildman–Crippen LogP) is 2.50. The molecular weight excluding hydrogens is 136 g/mol. The molecule has 1 saturated carbocycles. The van der Waals surface area contributed by atoms with E-state index < -0.39 is 0 Å². The molecule has 1 heteroatoms. The lowest BCUT2D eigenvalue weighted by molar-refractivity contribution is -0.112. The van der Waals surface area contributed by atoms with E-state index in [-0.39, 0.29) is 5.92 Å². The van der Waals surface area contributed by atoms with Gasteiger partial charge in [0.2, 0.25) is 0 Å². The molecule has 1 aliphatic rings. The lowest BCUT2D eigenvalue weighted by Gasteiger charge is -2.23. The van der Waals surface area contributed by atoms with E-state index in [9.17, 15) is 4.79 Å². The lowest BCUT2D eigenvalue weighted by atomic mass is 9.81. The summed E-state index contributed by atoms with van der Waals surface area (Å²) in [6, 6.07) is 0. The van der Waals surface area contributed by atoms with Gasteiger partial charge >= 0.3 is 0 Å². The summed E-state index contributed by atoms with van der Waals surface area (Å²) in [4.78, 5) is 10.6. The number of carbonyl (C=O) groups is 1. The summed E-state index contributed by atoms with van der Waals surface area (Å²) in [6.07, 6.45) is 3.81. The van der Waals surface area contributed by atoms with Crippen molar-refractivity contribution in [3.05, 3.63) is 0 Å². The summed E-state index contributed by atoms with van der Waals surface area (Å²) in [6.45, 7) is 6.50. The van der Waals surface area contributed by atoms with Gasteiger partial charge in [-0.1, -0.05) is 20.8 Å². The van der Waals surface area contributed by atoms with Gasteiger partial charge in [-0.2, -0.15) is 0 Å². The Kier molecular flexibility index (Phi) is 2.69. The minimum absolute atomic E-state index is 0.266. The summed E-state index contributed by atoms with van der Waals surface area (Å²) < 4.78 is 0. The van der Waals surface area contributed by atoms with Gasteiger partial charge in [-0.25, -0.2) is 0 Å². The first-order valence-electron chi connectivity index (χ1n) is 4.62. The van der Waals surface area contributed by atoms with Crippen molar-refractivity contribution < 1.29 is 4.79 Å². The van der Waals surface area contributed by atoms with Crippen LogP contribution in [0, 0.1) is 23.7 Å². The molecule has 1 fully saturated rings. The Balaban J connectivity index is 2.50. The van der Waals surface area contributed by atoms with Crippen LogP contribution in [0.5, 0.6) is 0 Å². The number of rotatable bonds is 4. The van der Waals surface area contributed by atoms with Gasteiger partial charge in [0.15, 0.2) is 0 Å². The molecule has 1 nitrogen and oxygen atoms in total. The summed E-state index contributed by atoms with van der Waals surface area (Å²) >= 11 is 0. The van der Waals surface area contributed by atoms with Crippen LogP contribution in [0.1, 0.15) is 33.6 Å². The second-order valence-electron chi connectivity index (χ2n) is 4.15. The van der Waals surface area contributed by atoms with Crippen LogP contribution in [-0.4, -0.2) is 6.29 Å². The van der Waals surface area contributed by atoms with Crippen LogP contribution in [0.3, 0.4) is 0 Å². The van der Waals surface area contributed by atoms with Crippen molar-refractivity contribution >= 4 is 6.29 Å². The quantitative estimate of drug-likeness (QED) is 0.569. The fraction of sp³-hybridized carbons (Fsp3) is 0.900. The van der Waals surface area contributed by atoms with Gasteiger partial charge < -0.3 is 4.79 Å². The molecule has 0 aromatic rings. The molecule has 1 rings (SSSR count). The molecule has 0 bridgehead atoms. The normalized spacial score (nSPS) is 23.3. The van der Waals surface area contributed by atoms with Crippen molar-refractivity contribution in [3.8, 4) is 0 Å². The molecule has 64 valence electrons. The van der Waals surface area contributed by atoms with E-state index in [4.69, 9.17) is 0 Å². The van der Waals surface area contributed by atoms with E-state index in [1.54, 1.807) is 0 Å². The van der Waals surface area contributed by atoms with Gasteiger partial charge in [-0.3, -0.25) is 0 Å². The highest BCUT2D eigenvalue weighted by atomic mass is 16.1. The zero-order valence-corrected chi connectivity index (χ0v) is 7.71. The average Bonchev–Trinajstić information content (AvgIpc) is 2.71. The summed E-state index contributed by atoms with van der Waals surface area (Å²) in [5, 5.41) is 0. The topological polar surface area (TPSA) is 17.1 Å². The standard InChI is InChI=1S/C10H18O/c1-7(2)10(8(3)6-11)9-4-5-9/h6-10H,4-5H2,1-3H3. The fourth-order valence-electron chi connectivity index (χ4n) is 2.15. The van der Waals surface area contributed by atoms with Gasteiger partial charge in [-0.15, -0.1) is 0 Å². The van der Waals surface area contributed by atoms with Crippen LogP contribution in [0.2, 0.25) is 0 Å². The van der Waals surface area contributed by atoms with E-state index in [0.29, 0.717) is 11.8 Å². The molecule has 0 amide bonds. The Morgan fingerprint density at radius 3 is 2.09 bits per heavy atom. The molecule has 0 aromatic carbocycles. The zero-order chi connectivity index (χ0) is 8.43. The number of hydrogen-bond donors (Lipinski definition) is 0. The second kappa shape index (κ2) is 3.38. The number of hydrogen-bond acceptors (Lipinski definition) is 1. The summed E-state index contributed by atoms with van der Waals surface area (Å²) in [5.41, 5.74) is 0. The van der Waals surface area contributed by atoms with E-state index in [2.05, 4.69) is 20.8 Å². The van der Waals surface area contributed by atoms with Crippen molar-refractivity contribution in [2.75, 3.05) is 0 Å². The SMILES string of the molecule is CC(C)C(C(C)C=O)C1CC1. The van der Waals surface area contributed by atoms with E-state index in [1.807, 2.05) is 0 Å². The molecule has 2 atom stereocenters. The van der Waals surface area contributed by atoms with Crippen LogP contribution in [0.4, 0.5) is 0 Å². The minimum atomic E-state index is 0.266. The molecule has 0 N–H and O–H groups in total. The molecule has 0 aliphatic heterocycles. The minimum Gasteiger partial charge on any atom is -0.303 e. The van der Waals surface area contributed by atoms with Gasteiger partial charge in [0.1, 0.15) is 6.29 Å². The van der Waals surface area contributed by atoms with E-state index >= 15 is 0 Å². The van der Waals surface area contributed by atoms with Crippen molar-refractivity contribution in [3.63, 3.8) is 0 Å². The third kappa shape index (κ3) is 2.05. The first-order valence-corrected chi connectivity index (χ1v) is 4.62. The first-order chi connectivity index (χ1) is 5.16. The Morgan fingerprint density at radius 2 is 1.82 bits per heavy atom. The van der Waals surface area contributed by atoms with Gasteiger partial charge in [0, 0.05) is 5.92 Å². The van der Waals surface area contributed by atoms with Crippen molar-refractivity contribution in [2.24, 2.45) is 23.7 Å². The summed E-state index contributed by atoms with van der Waals surface area (Å²) in [5.74, 6) is 2.44. The third-order valence-corrected chi connectivity index (χ3v) is 2.76. The molecule has 0 heterocycles. The second-order valence-corrected chi connectivity index (χ2v) is 4.15. The van der Waals surface area contributed by atoms with Gasteiger partial charge in [0.05, 0.1) is 0 Å². The maximum atomic E-state index is 10.6. The van der Waals surface area contributed by atoms with Crippen LogP contribution >= 0.6 is 0 Å². The Bertz CT molecular complexity index is 134. The maximum absolute atomic E-state index is 10.6. The molecule has 11 heavy (non-hydrogen) atoms. The molecule has 1 aliphatic carbocycles. The average molecular weight is 154 g/mol. The van der Waals surface area contributed by atoms with E-state index in [0.717, 1.165) is 12.2 Å². The van der Waals surface area contributed by atoms with Crippen molar-refractivity contribution in [2.45, 2.75) is 33.6 Å². The van der Waals surface area contributed by atoms with Crippen LogP contribution in [0.25, 0.3) is 0 Å². The highest BCUT2D eigenvalue weighted by molar-refractivity contribution is 5.53. The smallest absolute Gasteiger partial charge is 0.123 e. The van der Waals surface area contributed by atoms with Crippen molar-refractivity contribution in [1.82, 2.24) is 0 Å². The zero-order valence-electron chi connectivity index (χ0n) is 7.71. The number of aldehydes is 1. The highest BCUT2D eigenvalue weighted by Crippen LogP contribution is 2.43. The van der Waals surface area contributed by atoms with Crippen LogP contribution in [0.15, 0.2) is 0 Å². The Morgan fingerprint density at radius 1 is 1.27 bits per heavy atom. The summed E-state index contributed by atoms with van der Waals surface area (Å²) in [7, 11) is 0.